The van der Waals surface area contributed by atoms with Crippen molar-refractivity contribution in [1.29, 1.82) is 0 Å². The Morgan fingerprint density at radius 2 is 1.86 bits per heavy atom. The Hall–Kier alpha value is -4.37. The summed E-state index contributed by atoms with van der Waals surface area (Å²) in [6, 6.07) is 17.8. The minimum atomic E-state index is -0.305. The number of anilines is 2. The molecule has 4 heterocycles. The van der Waals surface area contributed by atoms with E-state index in [2.05, 4.69) is 15.3 Å². The highest BCUT2D eigenvalue weighted by atomic mass is 35.5. The van der Waals surface area contributed by atoms with Crippen LogP contribution in [0.15, 0.2) is 71.9 Å². The molecule has 10 heteroatoms. The molecule has 1 aliphatic heterocycles. The topological polar surface area (TPSA) is 107 Å². The van der Waals surface area contributed by atoms with Crippen LogP contribution in [0.1, 0.15) is 17.5 Å². The lowest BCUT2D eigenvalue weighted by atomic mass is 10.1. The lowest BCUT2D eigenvalue weighted by Gasteiger charge is -2.08. The van der Waals surface area contributed by atoms with Crippen molar-refractivity contribution in [2.75, 3.05) is 17.6 Å². The summed E-state index contributed by atoms with van der Waals surface area (Å²) in [5, 5.41) is 9.38. The molecule has 0 saturated heterocycles. The Bertz CT molecular complexity index is 1640. The largest absolute Gasteiger partial charge is 0.382 e. The van der Waals surface area contributed by atoms with Crippen LogP contribution >= 0.6 is 11.6 Å². The first-order valence-electron chi connectivity index (χ1n) is 11.4. The van der Waals surface area contributed by atoms with Gasteiger partial charge in [-0.3, -0.25) is 0 Å². The summed E-state index contributed by atoms with van der Waals surface area (Å²) >= 11 is 6.40. The SMILES string of the molecule is Nc1nc(-c2nn(Cc3ccccc3F)c3ncccc23)nc2c1N=C(c1ccccc1Cl)CCN2. The number of aromatic nitrogens is 5. The van der Waals surface area contributed by atoms with E-state index in [1.807, 2.05) is 36.4 Å². The molecule has 0 amide bonds. The van der Waals surface area contributed by atoms with E-state index >= 15 is 0 Å². The van der Waals surface area contributed by atoms with E-state index < -0.39 is 0 Å². The van der Waals surface area contributed by atoms with Crippen LogP contribution < -0.4 is 11.1 Å². The first kappa shape index (κ1) is 22.1. The van der Waals surface area contributed by atoms with E-state index in [1.165, 1.54) is 6.07 Å². The molecule has 0 aliphatic carbocycles. The third-order valence-corrected chi connectivity index (χ3v) is 6.32. The van der Waals surface area contributed by atoms with Crippen LogP contribution in [0.4, 0.5) is 21.7 Å². The van der Waals surface area contributed by atoms with Crippen LogP contribution in [0, 0.1) is 5.82 Å². The van der Waals surface area contributed by atoms with E-state index in [-0.39, 0.29) is 18.2 Å². The Morgan fingerprint density at radius 1 is 1.03 bits per heavy atom. The molecule has 2 aromatic carbocycles. The van der Waals surface area contributed by atoms with Crippen LogP contribution in [0.2, 0.25) is 5.02 Å². The second-order valence-corrected chi connectivity index (χ2v) is 8.72. The lowest BCUT2D eigenvalue weighted by Crippen LogP contribution is -2.08. The molecule has 1 aliphatic rings. The van der Waals surface area contributed by atoms with E-state index in [0.717, 1.165) is 16.7 Å². The van der Waals surface area contributed by atoms with Gasteiger partial charge in [-0.2, -0.15) is 5.10 Å². The Kier molecular flexibility index (Phi) is 5.54. The third-order valence-electron chi connectivity index (χ3n) is 5.99. The van der Waals surface area contributed by atoms with Crippen molar-refractivity contribution in [3.8, 4) is 11.5 Å². The van der Waals surface area contributed by atoms with Crippen LogP contribution in [0.25, 0.3) is 22.6 Å². The second kappa shape index (κ2) is 9.01. The number of halogens is 2. The molecule has 0 unspecified atom stereocenters. The van der Waals surface area contributed by atoms with Crippen molar-refractivity contribution >= 4 is 45.7 Å². The molecule has 0 bridgehead atoms. The minimum Gasteiger partial charge on any atom is -0.382 e. The quantitative estimate of drug-likeness (QED) is 0.350. The maximum atomic E-state index is 14.3. The number of hydrogen-bond acceptors (Lipinski definition) is 7. The van der Waals surface area contributed by atoms with Crippen LogP contribution in [0.5, 0.6) is 0 Å². The van der Waals surface area contributed by atoms with Gasteiger partial charge in [-0.25, -0.2) is 29.0 Å². The number of rotatable bonds is 4. The van der Waals surface area contributed by atoms with E-state index in [4.69, 9.17) is 32.4 Å². The van der Waals surface area contributed by atoms with Gasteiger partial charge in [-0.05, 0) is 24.3 Å². The molecule has 0 spiro atoms. The van der Waals surface area contributed by atoms with Gasteiger partial charge in [0.25, 0.3) is 0 Å². The van der Waals surface area contributed by atoms with Gasteiger partial charge in [0.2, 0.25) is 0 Å². The predicted octanol–water partition coefficient (Wildman–Crippen LogP) is 5.25. The number of nitrogen functional groups attached to an aromatic ring is 1. The van der Waals surface area contributed by atoms with Gasteiger partial charge in [0.15, 0.2) is 23.1 Å². The Labute approximate surface area is 210 Å². The van der Waals surface area contributed by atoms with Crippen molar-refractivity contribution < 1.29 is 4.39 Å². The van der Waals surface area contributed by atoms with Crippen molar-refractivity contribution in [2.24, 2.45) is 4.99 Å². The Balaban J connectivity index is 1.45. The average Bonchev–Trinajstić information content (AvgIpc) is 3.10. The molecule has 0 radical (unpaired) electrons. The minimum absolute atomic E-state index is 0.213. The Morgan fingerprint density at radius 3 is 2.72 bits per heavy atom. The molecular formula is C26H20ClFN8. The number of pyridine rings is 1. The number of nitrogens with two attached hydrogens (primary N) is 1. The third kappa shape index (κ3) is 3.93. The maximum Gasteiger partial charge on any atom is 0.184 e. The van der Waals surface area contributed by atoms with Gasteiger partial charge in [-0.1, -0.05) is 48.0 Å². The molecule has 36 heavy (non-hydrogen) atoms. The summed E-state index contributed by atoms with van der Waals surface area (Å²) in [4.78, 5) is 18.5. The van der Waals surface area contributed by atoms with Gasteiger partial charge in [0.05, 0.1) is 17.6 Å². The zero-order chi connectivity index (χ0) is 24.6. The summed E-state index contributed by atoms with van der Waals surface area (Å²) in [5.41, 5.74) is 10.1. The fraction of sp³-hybridized carbons (Fsp3) is 0.115. The van der Waals surface area contributed by atoms with E-state index in [1.54, 1.807) is 29.1 Å². The van der Waals surface area contributed by atoms with Gasteiger partial charge in [0.1, 0.15) is 17.2 Å². The summed E-state index contributed by atoms with van der Waals surface area (Å²) in [7, 11) is 0. The summed E-state index contributed by atoms with van der Waals surface area (Å²) in [5.74, 6) is 0.760. The van der Waals surface area contributed by atoms with Crippen LogP contribution in [-0.4, -0.2) is 37.0 Å². The zero-order valence-electron chi connectivity index (χ0n) is 19.0. The standard InChI is InChI=1S/C26H20ClFN8/c27-18-9-3-2-7-16(18)20-11-13-30-24-22(32-20)23(29)33-25(34-24)21-17-8-5-12-31-26(17)36(35-21)14-15-6-1-4-10-19(15)28/h1-10,12H,11,13-14H2,(H3,29,30,33,34). The average molecular weight is 499 g/mol. The molecule has 0 fully saturated rings. The van der Waals surface area contributed by atoms with Crippen LogP contribution in [-0.2, 0) is 6.54 Å². The van der Waals surface area contributed by atoms with Gasteiger partial charge in [0, 0.05) is 35.3 Å². The first-order valence-corrected chi connectivity index (χ1v) is 11.8. The smallest absolute Gasteiger partial charge is 0.184 e. The summed E-state index contributed by atoms with van der Waals surface area (Å²) < 4.78 is 16.0. The molecule has 8 nitrogen and oxygen atoms in total. The highest BCUT2D eigenvalue weighted by Crippen LogP contribution is 2.36. The fourth-order valence-corrected chi connectivity index (χ4v) is 4.51. The van der Waals surface area contributed by atoms with Crippen LogP contribution in [0.3, 0.4) is 0 Å². The summed E-state index contributed by atoms with van der Waals surface area (Å²) in [6.07, 6.45) is 2.31. The zero-order valence-corrected chi connectivity index (χ0v) is 19.7. The van der Waals surface area contributed by atoms with Crippen molar-refractivity contribution in [1.82, 2.24) is 24.7 Å². The predicted molar refractivity (Wildman–Crippen MR) is 139 cm³/mol. The number of benzene rings is 2. The van der Waals surface area contributed by atoms with Gasteiger partial charge >= 0.3 is 0 Å². The number of fused-ring (bicyclic) bond motifs is 2. The molecule has 6 rings (SSSR count). The monoisotopic (exact) mass is 498 g/mol. The maximum absolute atomic E-state index is 14.3. The molecule has 0 atom stereocenters. The van der Waals surface area contributed by atoms with Gasteiger partial charge < -0.3 is 11.1 Å². The lowest BCUT2D eigenvalue weighted by molar-refractivity contribution is 0.589. The van der Waals surface area contributed by atoms with Crippen molar-refractivity contribution in [3.63, 3.8) is 0 Å². The van der Waals surface area contributed by atoms with Crippen molar-refractivity contribution in [2.45, 2.75) is 13.0 Å². The highest BCUT2D eigenvalue weighted by Gasteiger charge is 2.22. The summed E-state index contributed by atoms with van der Waals surface area (Å²) in [6.45, 7) is 0.807. The second-order valence-electron chi connectivity index (χ2n) is 8.32. The number of hydrogen-bond donors (Lipinski definition) is 2. The fourth-order valence-electron chi connectivity index (χ4n) is 4.26. The number of nitrogens with zero attached hydrogens (tertiary/aromatic N) is 6. The molecule has 178 valence electrons. The van der Waals surface area contributed by atoms with E-state index in [9.17, 15) is 4.39 Å². The van der Waals surface area contributed by atoms with E-state index in [0.29, 0.717) is 52.2 Å². The molecule has 0 saturated carbocycles. The molecular weight excluding hydrogens is 479 g/mol. The van der Waals surface area contributed by atoms with Crippen molar-refractivity contribution in [3.05, 3.63) is 88.8 Å². The highest BCUT2D eigenvalue weighted by molar-refractivity contribution is 6.34. The van der Waals surface area contributed by atoms with Gasteiger partial charge in [-0.15, -0.1) is 0 Å². The molecule has 3 aromatic heterocycles. The number of aliphatic imine (C=N–C) groups is 1. The molecule has 5 aromatic rings. The first-order chi connectivity index (χ1) is 17.6. The normalized spacial score (nSPS) is 13.1. The molecule has 3 N–H and O–H groups in total. The number of nitrogens with one attached hydrogen (secondary N) is 1.